The van der Waals surface area contributed by atoms with Crippen LogP contribution in [0.2, 0.25) is 0 Å². The van der Waals surface area contributed by atoms with Gasteiger partial charge in [-0.3, -0.25) is 14.7 Å². The Balaban J connectivity index is 1.94. The van der Waals surface area contributed by atoms with Gasteiger partial charge in [-0.25, -0.2) is 4.98 Å². The van der Waals surface area contributed by atoms with Gasteiger partial charge in [-0.15, -0.1) is 5.10 Å². The molecule has 0 aliphatic heterocycles. The van der Waals surface area contributed by atoms with Crippen molar-refractivity contribution in [2.24, 2.45) is 5.73 Å². The van der Waals surface area contributed by atoms with E-state index in [0.29, 0.717) is 10.8 Å². The van der Waals surface area contributed by atoms with Gasteiger partial charge < -0.3 is 11.1 Å². The second-order valence-corrected chi connectivity index (χ2v) is 5.11. The number of nitrogens with two attached hydrogens (primary N) is 1. The lowest BCUT2D eigenvalue weighted by Gasteiger charge is -2.07. The molecule has 0 radical (unpaired) electrons. The molecule has 8 heteroatoms. The van der Waals surface area contributed by atoms with Crippen LogP contribution in [-0.4, -0.2) is 32.7 Å². The number of hydrogen-bond acceptors (Lipinski definition) is 5. The van der Waals surface area contributed by atoms with Gasteiger partial charge in [0.15, 0.2) is 0 Å². The van der Waals surface area contributed by atoms with Crippen LogP contribution in [0.5, 0.6) is 0 Å². The Morgan fingerprint density at radius 3 is 2.81 bits per heavy atom. The summed E-state index contributed by atoms with van der Waals surface area (Å²) in [4.78, 5) is 27.3. The Morgan fingerprint density at radius 1 is 1.38 bits per heavy atom. The molecule has 4 N–H and O–H groups in total. The van der Waals surface area contributed by atoms with E-state index in [1.807, 2.05) is 6.92 Å². The highest BCUT2D eigenvalue weighted by atomic mass is 32.2. The summed E-state index contributed by atoms with van der Waals surface area (Å²) in [6, 6.07) is 6.60. The van der Waals surface area contributed by atoms with Crippen LogP contribution in [0.15, 0.2) is 29.4 Å². The van der Waals surface area contributed by atoms with Crippen LogP contribution in [0.3, 0.4) is 0 Å². The SMILES string of the molecule is CCc1nc(SCC(=O)Nc2ccccc2C(N)=O)n[nH]1. The van der Waals surface area contributed by atoms with Gasteiger partial charge >= 0.3 is 0 Å². The van der Waals surface area contributed by atoms with Crippen molar-refractivity contribution in [3.05, 3.63) is 35.7 Å². The highest BCUT2D eigenvalue weighted by Gasteiger charge is 2.11. The van der Waals surface area contributed by atoms with Crippen LogP contribution in [0, 0.1) is 0 Å². The van der Waals surface area contributed by atoms with Crippen molar-refractivity contribution >= 4 is 29.3 Å². The topological polar surface area (TPSA) is 114 Å². The quantitative estimate of drug-likeness (QED) is 0.694. The lowest BCUT2D eigenvalue weighted by Crippen LogP contribution is -2.19. The maximum absolute atomic E-state index is 11.9. The number of para-hydroxylation sites is 1. The Morgan fingerprint density at radius 2 is 2.14 bits per heavy atom. The molecule has 0 unspecified atom stereocenters. The number of carbonyl (C=O) groups excluding carboxylic acids is 2. The summed E-state index contributed by atoms with van der Waals surface area (Å²) >= 11 is 1.22. The number of aromatic amines is 1. The predicted molar refractivity (Wildman–Crippen MR) is 80.1 cm³/mol. The number of thioether (sulfide) groups is 1. The molecule has 0 saturated heterocycles. The fourth-order valence-corrected chi connectivity index (χ4v) is 2.24. The van der Waals surface area contributed by atoms with Crippen LogP contribution >= 0.6 is 11.8 Å². The molecular weight excluding hydrogens is 290 g/mol. The number of hydrogen-bond donors (Lipinski definition) is 3. The van der Waals surface area contributed by atoms with Gasteiger partial charge in [0.2, 0.25) is 11.1 Å². The molecule has 7 nitrogen and oxygen atoms in total. The van der Waals surface area contributed by atoms with E-state index in [2.05, 4.69) is 20.5 Å². The van der Waals surface area contributed by atoms with Crippen molar-refractivity contribution in [3.63, 3.8) is 0 Å². The lowest BCUT2D eigenvalue weighted by atomic mass is 10.1. The maximum Gasteiger partial charge on any atom is 0.250 e. The fraction of sp³-hybridized carbons (Fsp3) is 0.231. The molecule has 2 amide bonds. The van der Waals surface area contributed by atoms with Crippen LogP contribution < -0.4 is 11.1 Å². The zero-order valence-electron chi connectivity index (χ0n) is 11.4. The first-order valence-electron chi connectivity index (χ1n) is 6.33. The highest BCUT2D eigenvalue weighted by molar-refractivity contribution is 7.99. The van der Waals surface area contributed by atoms with Crippen LogP contribution in [0.25, 0.3) is 0 Å². The average molecular weight is 305 g/mol. The van der Waals surface area contributed by atoms with Crippen molar-refractivity contribution in [3.8, 4) is 0 Å². The second-order valence-electron chi connectivity index (χ2n) is 4.16. The summed E-state index contributed by atoms with van der Waals surface area (Å²) in [5.41, 5.74) is 5.94. The Bertz CT molecular complexity index is 656. The van der Waals surface area contributed by atoms with Gasteiger partial charge in [0.25, 0.3) is 5.91 Å². The van der Waals surface area contributed by atoms with Crippen LogP contribution in [0.4, 0.5) is 5.69 Å². The summed E-state index contributed by atoms with van der Waals surface area (Å²) in [5, 5.41) is 9.94. The second kappa shape index (κ2) is 6.89. The van der Waals surface area contributed by atoms with Gasteiger partial charge in [0, 0.05) is 6.42 Å². The van der Waals surface area contributed by atoms with E-state index in [4.69, 9.17) is 5.73 Å². The minimum atomic E-state index is -0.583. The summed E-state index contributed by atoms with van der Waals surface area (Å²) < 4.78 is 0. The molecule has 21 heavy (non-hydrogen) atoms. The first-order valence-corrected chi connectivity index (χ1v) is 7.31. The van der Waals surface area contributed by atoms with E-state index in [-0.39, 0.29) is 17.2 Å². The maximum atomic E-state index is 11.9. The molecule has 1 aromatic heterocycles. The van der Waals surface area contributed by atoms with E-state index in [9.17, 15) is 9.59 Å². The van der Waals surface area contributed by atoms with E-state index < -0.39 is 5.91 Å². The van der Waals surface area contributed by atoms with Gasteiger partial charge in [0.05, 0.1) is 17.0 Å². The third-order valence-electron chi connectivity index (χ3n) is 2.65. The summed E-state index contributed by atoms with van der Waals surface area (Å²) in [6.07, 6.45) is 0.756. The Hall–Kier alpha value is -2.35. The van der Waals surface area contributed by atoms with Crippen LogP contribution in [0.1, 0.15) is 23.1 Å². The molecule has 0 fully saturated rings. The zero-order chi connectivity index (χ0) is 15.2. The third-order valence-corrected chi connectivity index (χ3v) is 3.49. The standard InChI is InChI=1S/C13H15N5O2S/c1-2-10-16-13(18-17-10)21-7-11(19)15-9-6-4-3-5-8(9)12(14)20/h3-6H,2,7H2,1H3,(H2,14,20)(H,15,19)(H,16,17,18). The summed E-state index contributed by atoms with van der Waals surface area (Å²) in [7, 11) is 0. The monoisotopic (exact) mass is 305 g/mol. The smallest absolute Gasteiger partial charge is 0.250 e. The van der Waals surface area contributed by atoms with E-state index >= 15 is 0 Å². The number of aromatic nitrogens is 3. The number of aryl methyl sites for hydroxylation is 1. The van der Waals surface area contributed by atoms with Crippen LogP contribution in [-0.2, 0) is 11.2 Å². The van der Waals surface area contributed by atoms with Crippen molar-refractivity contribution < 1.29 is 9.59 Å². The van der Waals surface area contributed by atoms with E-state index in [1.54, 1.807) is 24.3 Å². The third kappa shape index (κ3) is 4.06. The number of H-pyrrole nitrogens is 1. The van der Waals surface area contributed by atoms with E-state index in [0.717, 1.165) is 12.2 Å². The predicted octanol–water partition coefficient (Wildman–Crippen LogP) is 1.20. The highest BCUT2D eigenvalue weighted by Crippen LogP contribution is 2.16. The molecule has 0 atom stereocenters. The molecular formula is C13H15N5O2S. The zero-order valence-corrected chi connectivity index (χ0v) is 12.2. The summed E-state index contributed by atoms with van der Waals surface area (Å²) in [6.45, 7) is 1.96. The largest absolute Gasteiger partial charge is 0.366 e. The van der Waals surface area contributed by atoms with Gasteiger partial charge in [-0.2, -0.15) is 0 Å². The number of amides is 2. The molecule has 2 rings (SSSR count). The number of benzene rings is 1. The van der Waals surface area contributed by atoms with Crippen molar-refractivity contribution in [2.75, 3.05) is 11.1 Å². The summed E-state index contributed by atoms with van der Waals surface area (Å²) in [5.74, 6) is 0.0855. The molecule has 1 heterocycles. The molecule has 0 saturated carbocycles. The van der Waals surface area contributed by atoms with Gasteiger partial charge in [-0.1, -0.05) is 30.8 Å². The van der Waals surface area contributed by atoms with Crippen molar-refractivity contribution in [2.45, 2.75) is 18.5 Å². The molecule has 110 valence electrons. The first kappa shape index (κ1) is 15.0. The Labute approximate surface area is 125 Å². The molecule has 0 spiro atoms. The molecule has 2 aromatic rings. The number of nitrogens with one attached hydrogen (secondary N) is 2. The number of rotatable bonds is 6. The minimum Gasteiger partial charge on any atom is -0.366 e. The average Bonchev–Trinajstić information content (AvgIpc) is 2.93. The normalized spacial score (nSPS) is 10.3. The molecule has 0 aliphatic rings. The number of anilines is 1. The molecule has 0 aliphatic carbocycles. The first-order chi connectivity index (χ1) is 10.1. The number of primary amides is 1. The number of nitrogens with zero attached hydrogens (tertiary/aromatic N) is 2. The van der Waals surface area contributed by atoms with Crippen molar-refractivity contribution in [1.29, 1.82) is 0 Å². The Kier molecular flexibility index (Phi) is 4.94. The van der Waals surface area contributed by atoms with Crippen molar-refractivity contribution in [1.82, 2.24) is 15.2 Å². The van der Waals surface area contributed by atoms with E-state index in [1.165, 1.54) is 11.8 Å². The number of carbonyl (C=O) groups is 2. The lowest BCUT2D eigenvalue weighted by molar-refractivity contribution is -0.113. The van der Waals surface area contributed by atoms with Gasteiger partial charge in [0.1, 0.15) is 5.82 Å². The molecule has 0 bridgehead atoms. The minimum absolute atomic E-state index is 0.147. The fourth-order valence-electron chi connectivity index (χ4n) is 1.62. The molecule has 1 aromatic carbocycles. The van der Waals surface area contributed by atoms with Gasteiger partial charge in [-0.05, 0) is 12.1 Å².